The monoisotopic (exact) mass is 461 g/mol. The summed E-state index contributed by atoms with van der Waals surface area (Å²) in [4.78, 5) is 39.0. The summed E-state index contributed by atoms with van der Waals surface area (Å²) >= 11 is 0. The number of carbonyl (C=O) groups is 3. The number of quaternary nitrogens is 1. The number of rotatable bonds is 3. The van der Waals surface area contributed by atoms with E-state index in [2.05, 4.69) is 10.6 Å². The second-order valence-electron chi connectivity index (χ2n) is 11.0. The first-order valence-electron chi connectivity index (χ1n) is 11.5. The zero-order valence-corrected chi connectivity index (χ0v) is 20.6. The van der Waals surface area contributed by atoms with Crippen molar-refractivity contribution in [1.29, 1.82) is 0 Å². The van der Waals surface area contributed by atoms with Gasteiger partial charge in [0.15, 0.2) is 0 Å². The van der Waals surface area contributed by atoms with E-state index in [1.54, 1.807) is 12.1 Å². The van der Waals surface area contributed by atoms with Gasteiger partial charge in [0.25, 0.3) is 0 Å². The molecule has 1 aromatic carbocycles. The lowest BCUT2D eigenvalue weighted by Gasteiger charge is -2.40. The molecule has 3 N–H and O–H groups in total. The maximum atomic E-state index is 13.3. The van der Waals surface area contributed by atoms with Gasteiger partial charge in [0.1, 0.15) is 31.0 Å². The number of hydrogen-bond donors (Lipinski definition) is 3. The third kappa shape index (κ3) is 5.65. The predicted octanol–water partition coefficient (Wildman–Crippen LogP) is 2.99. The van der Waals surface area contributed by atoms with Crippen molar-refractivity contribution in [3.05, 3.63) is 23.3 Å². The Morgan fingerprint density at radius 3 is 2.30 bits per heavy atom. The number of nitrogens with one attached hydrogen (secondary N) is 2. The number of imide groups is 1. The minimum absolute atomic E-state index is 0.0511. The van der Waals surface area contributed by atoms with Gasteiger partial charge in [-0.15, -0.1) is 0 Å². The highest BCUT2D eigenvalue weighted by atomic mass is 16.6. The molecule has 0 atom stereocenters. The van der Waals surface area contributed by atoms with Crippen molar-refractivity contribution < 1.29 is 28.7 Å². The fourth-order valence-electron chi connectivity index (χ4n) is 4.25. The summed E-state index contributed by atoms with van der Waals surface area (Å²) in [5, 5.41) is 16.9. The lowest BCUT2D eigenvalue weighted by molar-refractivity contribution is -0.873. The van der Waals surface area contributed by atoms with Crippen LogP contribution in [0.15, 0.2) is 12.1 Å². The van der Waals surface area contributed by atoms with Crippen LogP contribution in [0.25, 0.3) is 0 Å². The first kappa shape index (κ1) is 25.0. The van der Waals surface area contributed by atoms with Gasteiger partial charge >= 0.3 is 12.1 Å². The molecule has 4 amide bonds. The van der Waals surface area contributed by atoms with Crippen LogP contribution in [0.5, 0.6) is 5.75 Å². The predicted molar refractivity (Wildman–Crippen MR) is 125 cm³/mol. The van der Waals surface area contributed by atoms with Gasteiger partial charge in [0.05, 0.1) is 5.56 Å². The molecule has 0 radical (unpaired) electrons. The van der Waals surface area contributed by atoms with E-state index < -0.39 is 17.0 Å². The molecule has 2 aliphatic rings. The van der Waals surface area contributed by atoms with Crippen LogP contribution in [0.2, 0.25) is 0 Å². The van der Waals surface area contributed by atoms with Crippen molar-refractivity contribution in [1.82, 2.24) is 10.6 Å². The van der Waals surface area contributed by atoms with Crippen LogP contribution >= 0.6 is 0 Å². The summed E-state index contributed by atoms with van der Waals surface area (Å²) in [5.74, 6) is -0.180. The second-order valence-corrected chi connectivity index (χ2v) is 11.0. The minimum atomic E-state index is -0.633. The molecular weight excluding hydrogens is 424 g/mol. The van der Waals surface area contributed by atoms with Crippen LogP contribution in [0.1, 0.15) is 59.1 Å². The zero-order chi connectivity index (χ0) is 24.6. The number of anilines is 1. The van der Waals surface area contributed by atoms with Crippen LogP contribution in [0.3, 0.4) is 0 Å². The normalized spacial score (nSPS) is 19.3. The Balaban J connectivity index is 2.07. The Morgan fingerprint density at radius 2 is 1.76 bits per heavy atom. The number of urea groups is 1. The average molecular weight is 462 g/mol. The molecule has 33 heavy (non-hydrogen) atoms. The molecule has 0 unspecified atom stereocenters. The van der Waals surface area contributed by atoms with E-state index in [0.29, 0.717) is 43.0 Å². The van der Waals surface area contributed by atoms with Gasteiger partial charge < -0.3 is 15.2 Å². The van der Waals surface area contributed by atoms with Gasteiger partial charge in [-0.2, -0.15) is 4.79 Å². The third-order valence-electron chi connectivity index (χ3n) is 6.03. The highest BCUT2D eigenvalue weighted by Crippen LogP contribution is 2.39. The van der Waals surface area contributed by atoms with Gasteiger partial charge in [0, 0.05) is 37.3 Å². The van der Waals surface area contributed by atoms with Crippen LogP contribution in [0, 0.1) is 0 Å². The van der Waals surface area contributed by atoms with E-state index in [1.807, 2.05) is 41.5 Å². The summed E-state index contributed by atoms with van der Waals surface area (Å²) in [7, 11) is 0. The quantitative estimate of drug-likeness (QED) is 0.598. The zero-order valence-electron chi connectivity index (χ0n) is 20.6. The summed E-state index contributed by atoms with van der Waals surface area (Å²) in [6.07, 6.45) is -0.122. The van der Waals surface area contributed by atoms with Crippen LogP contribution < -0.4 is 15.5 Å². The third-order valence-corrected chi connectivity index (χ3v) is 6.03. The van der Waals surface area contributed by atoms with Gasteiger partial charge in [-0.3, -0.25) is 15.0 Å². The Hall–Kier alpha value is -2.65. The molecule has 2 saturated heterocycles. The number of aromatic hydroxyl groups is 1. The molecule has 182 valence electrons. The molecule has 0 saturated carbocycles. The Morgan fingerprint density at radius 1 is 1.12 bits per heavy atom. The van der Waals surface area contributed by atoms with Gasteiger partial charge in [-0.25, -0.2) is 9.28 Å². The number of piperazine rings is 1. The van der Waals surface area contributed by atoms with Gasteiger partial charge in [0.2, 0.25) is 5.91 Å². The number of phenols is 1. The smallest absolute Gasteiger partial charge is 0.507 e. The highest BCUT2D eigenvalue weighted by Gasteiger charge is 2.43. The molecule has 2 aliphatic heterocycles. The number of nitrogens with zero attached hydrogens (tertiary/aromatic N) is 2. The number of benzene rings is 1. The molecule has 0 aromatic heterocycles. The number of carbonyl (C=O) groups excluding carboxylic acids is 3. The molecule has 3 rings (SSSR count). The number of hydrogen-bond acceptors (Lipinski definition) is 6. The van der Waals surface area contributed by atoms with E-state index in [0.717, 1.165) is 0 Å². The Bertz CT molecular complexity index is 939. The lowest BCUT2D eigenvalue weighted by Crippen LogP contribution is -2.62. The summed E-state index contributed by atoms with van der Waals surface area (Å²) in [6.45, 7) is 14.4. The molecule has 2 fully saturated rings. The first-order valence-corrected chi connectivity index (χ1v) is 11.5. The molecule has 0 spiro atoms. The van der Waals surface area contributed by atoms with E-state index in [-0.39, 0.29) is 41.7 Å². The van der Waals surface area contributed by atoms with Crippen molar-refractivity contribution in [2.75, 3.05) is 37.6 Å². The molecular formula is C24H37N4O5+. The second kappa shape index (κ2) is 8.95. The molecule has 0 aliphatic carbocycles. The highest BCUT2D eigenvalue weighted by molar-refractivity contribution is 6.05. The number of phenolic OH excluding ortho intramolecular Hbond substituents is 1. The Kier molecular flexibility index (Phi) is 6.77. The molecule has 1 aromatic rings. The number of ether oxygens (including phenoxy) is 1. The van der Waals surface area contributed by atoms with Crippen molar-refractivity contribution in [2.24, 2.45) is 0 Å². The molecule has 0 bridgehead atoms. The topological polar surface area (TPSA) is 108 Å². The summed E-state index contributed by atoms with van der Waals surface area (Å²) in [6, 6.07) is 3.07. The largest absolute Gasteiger partial charge is 0.516 e. The maximum Gasteiger partial charge on any atom is 0.516 e. The molecule has 2 heterocycles. The molecule has 9 heteroatoms. The first-order chi connectivity index (χ1) is 15.2. The summed E-state index contributed by atoms with van der Waals surface area (Å²) in [5.41, 5.74) is 0.811. The van der Waals surface area contributed by atoms with Crippen molar-refractivity contribution in [2.45, 2.75) is 65.5 Å². The van der Waals surface area contributed by atoms with Crippen molar-refractivity contribution in [3.63, 3.8) is 0 Å². The van der Waals surface area contributed by atoms with E-state index in [4.69, 9.17) is 4.74 Å². The molecule has 9 nitrogen and oxygen atoms in total. The summed E-state index contributed by atoms with van der Waals surface area (Å²) < 4.78 is 5.83. The van der Waals surface area contributed by atoms with Crippen molar-refractivity contribution in [3.8, 4) is 5.75 Å². The lowest BCUT2D eigenvalue weighted by atomic mass is 9.84. The fraction of sp³-hybridized carbons (Fsp3) is 0.625. The van der Waals surface area contributed by atoms with E-state index in [9.17, 15) is 19.5 Å². The number of amides is 4. The van der Waals surface area contributed by atoms with Crippen LogP contribution in [-0.2, 0) is 21.5 Å². The van der Waals surface area contributed by atoms with Gasteiger partial charge in [-0.05, 0) is 38.3 Å². The maximum absolute atomic E-state index is 13.3. The van der Waals surface area contributed by atoms with E-state index in [1.165, 1.54) is 4.90 Å². The fourth-order valence-corrected chi connectivity index (χ4v) is 4.25. The van der Waals surface area contributed by atoms with Crippen molar-refractivity contribution >= 4 is 23.7 Å². The Labute approximate surface area is 195 Å². The van der Waals surface area contributed by atoms with E-state index >= 15 is 0 Å². The standard InChI is InChI=1S/C24H36N4O5/c1-23(2,3)18-14-17(27-10-7-19(29)26-21(27)31)13-16(20(18)30)15-28(11-8-25-9-12-28)22(32)33-24(4,5)6/h13-14,25H,7-12,15H2,1-6H3,(H-,26,29,30,31)/p+1. The minimum Gasteiger partial charge on any atom is -0.507 e. The SMILES string of the molecule is CC(C)(C)OC(=O)[N+]1(Cc2cc(N3CCC(=O)NC3=O)cc(C(C)(C)C)c2O)CCNCC1. The van der Waals surface area contributed by atoms with Crippen LogP contribution in [-0.4, -0.2) is 65.9 Å². The van der Waals surface area contributed by atoms with Crippen LogP contribution in [0.4, 0.5) is 15.3 Å². The average Bonchev–Trinajstić information content (AvgIpc) is 2.68. The van der Waals surface area contributed by atoms with Gasteiger partial charge in [-0.1, -0.05) is 20.8 Å².